The molecule has 1 atom stereocenters. The Labute approximate surface area is 140 Å². The van der Waals surface area contributed by atoms with Gasteiger partial charge in [-0.15, -0.1) is 0 Å². The van der Waals surface area contributed by atoms with Crippen molar-refractivity contribution in [3.05, 3.63) is 69.8 Å². The van der Waals surface area contributed by atoms with E-state index in [9.17, 15) is 18.5 Å². The minimum Gasteiger partial charge on any atom is -0.295 e. The van der Waals surface area contributed by atoms with Crippen molar-refractivity contribution < 1.29 is 13.3 Å². The normalized spacial score (nSPS) is 13.0. The van der Waals surface area contributed by atoms with Crippen molar-refractivity contribution in [3.63, 3.8) is 0 Å². The van der Waals surface area contributed by atoms with Gasteiger partial charge in [-0.2, -0.15) is 0 Å². The fraction of sp³-hybridized carbons (Fsp3) is 0.250. The van der Waals surface area contributed by atoms with Crippen molar-refractivity contribution in [1.82, 2.24) is 4.90 Å². The van der Waals surface area contributed by atoms with E-state index in [1.165, 1.54) is 18.2 Å². The smallest absolute Gasteiger partial charge is 0.269 e. The van der Waals surface area contributed by atoms with Gasteiger partial charge in [-0.25, -0.2) is 13.6 Å². The Morgan fingerprint density at radius 3 is 2.50 bits per heavy atom. The van der Waals surface area contributed by atoms with Crippen molar-refractivity contribution in [2.45, 2.75) is 24.4 Å². The average molecular weight is 349 g/mol. The number of benzene rings is 2. The van der Waals surface area contributed by atoms with Crippen molar-refractivity contribution in [3.8, 4) is 0 Å². The highest BCUT2D eigenvalue weighted by molar-refractivity contribution is 7.89. The Hall–Kier alpha value is -2.29. The van der Waals surface area contributed by atoms with Crippen LogP contribution in [0.5, 0.6) is 0 Å². The van der Waals surface area contributed by atoms with Gasteiger partial charge >= 0.3 is 0 Å². The second-order valence-corrected chi connectivity index (χ2v) is 7.20. The van der Waals surface area contributed by atoms with E-state index in [-0.39, 0.29) is 16.6 Å². The second-order valence-electron chi connectivity index (χ2n) is 5.64. The molecular formula is C16H19N3O4S. The summed E-state index contributed by atoms with van der Waals surface area (Å²) in [6.45, 7) is 2.42. The third-order valence-electron chi connectivity index (χ3n) is 3.88. The van der Waals surface area contributed by atoms with E-state index in [1.54, 1.807) is 18.2 Å². The Bertz CT molecular complexity index is 852. The zero-order valence-electron chi connectivity index (χ0n) is 13.4. The van der Waals surface area contributed by atoms with Gasteiger partial charge in [-0.05, 0) is 37.2 Å². The molecule has 0 aromatic heterocycles. The van der Waals surface area contributed by atoms with Gasteiger partial charge in [0.1, 0.15) is 0 Å². The standard InChI is InChI=1S/C16H19N3O4S/c1-12(14-6-4-8-16(10-14)24(17,22)23)18(2)11-13-5-3-7-15(9-13)19(20)21/h3-10,12H,11H2,1-2H3,(H2,17,22,23)/t12-/m1/s1. The second kappa shape index (κ2) is 7.08. The van der Waals surface area contributed by atoms with Crippen LogP contribution in [0.25, 0.3) is 0 Å². The molecule has 128 valence electrons. The van der Waals surface area contributed by atoms with Crippen molar-refractivity contribution in [2.24, 2.45) is 5.14 Å². The predicted molar refractivity (Wildman–Crippen MR) is 90.8 cm³/mol. The van der Waals surface area contributed by atoms with Gasteiger partial charge < -0.3 is 0 Å². The summed E-state index contributed by atoms with van der Waals surface area (Å²) >= 11 is 0. The third-order valence-corrected chi connectivity index (χ3v) is 4.79. The van der Waals surface area contributed by atoms with E-state index in [4.69, 9.17) is 5.14 Å². The molecule has 0 unspecified atom stereocenters. The van der Waals surface area contributed by atoms with E-state index in [1.807, 2.05) is 31.0 Å². The zero-order chi connectivity index (χ0) is 17.9. The van der Waals surface area contributed by atoms with Crippen LogP contribution in [-0.2, 0) is 16.6 Å². The first-order valence-electron chi connectivity index (χ1n) is 7.25. The van der Waals surface area contributed by atoms with Gasteiger partial charge in [0, 0.05) is 24.7 Å². The molecule has 8 heteroatoms. The first kappa shape index (κ1) is 18.1. The van der Waals surface area contributed by atoms with Gasteiger partial charge in [-0.3, -0.25) is 15.0 Å². The van der Waals surface area contributed by atoms with Crippen LogP contribution in [0.2, 0.25) is 0 Å². The first-order chi connectivity index (χ1) is 11.2. The van der Waals surface area contributed by atoms with Crippen LogP contribution >= 0.6 is 0 Å². The quantitative estimate of drug-likeness (QED) is 0.637. The maximum atomic E-state index is 11.5. The molecule has 0 saturated carbocycles. The molecule has 2 aromatic carbocycles. The van der Waals surface area contributed by atoms with E-state index >= 15 is 0 Å². The lowest BCUT2D eigenvalue weighted by atomic mass is 10.1. The van der Waals surface area contributed by atoms with Crippen LogP contribution in [0.15, 0.2) is 53.4 Å². The molecule has 0 fully saturated rings. The highest BCUT2D eigenvalue weighted by atomic mass is 32.2. The number of hydrogen-bond acceptors (Lipinski definition) is 5. The number of nitro benzene ring substituents is 1. The summed E-state index contributed by atoms with van der Waals surface area (Å²) in [5, 5.41) is 16.0. The molecule has 2 aromatic rings. The largest absolute Gasteiger partial charge is 0.295 e. The topological polar surface area (TPSA) is 107 Å². The van der Waals surface area contributed by atoms with E-state index < -0.39 is 14.9 Å². The maximum Gasteiger partial charge on any atom is 0.269 e. The summed E-state index contributed by atoms with van der Waals surface area (Å²) in [5.41, 5.74) is 1.65. The number of nitro groups is 1. The molecule has 0 amide bonds. The summed E-state index contributed by atoms with van der Waals surface area (Å²) in [4.78, 5) is 12.5. The van der Waals surface area contributed by atoms with E-state index in [2.05, 4.69) is 0 Å². The maximum absolute atomic E-state index is 11.5. The van der Waals surface area contributed by atoms with Crippen molar-refractivity contribution in [2.75, 3.05) is 7.05 Å². The SMILES string of the molecule is C[C@H](c1cccc(S(N)(=O)=O)c1)N(C)Cc1cccc([N+](=O)[O-])c1. The number of sulfonamides is 1. The molecule has 2 N–H and O–H groups in total. The molecular weight excluding hydrogens is 330 g/mol. The average Bonchev–Trinajstić information content (AvgIpc) is 2.53. The number of non-ortho nitro benzene ring substituents is 1. The van der Waals surface area contributed by atoms with Crippen molar-refractivity contribution >= 4 is 15.7 Å². The van der Waals surface area contributed by atoms with Gasteiger partial charge in [0.2, 0.25) is 10.0 Å². The van der Waals surface area contributed by atoms with Crippen molar-refractivity contribution in [1.29, 1.82) is 0 Å². The Balaban J connectivity index is 2.19. The predicted octanol–water partition coefficient (Wildman–Crippen LogP) is 2.44. The lowest BCUT2D eigenvalue weighted by Crippen LogP contribution is -2.22. The Kier molecular flexibility index (Phi) is 5.33. The molecule has 0 radical (unpaired) electrons. The Morgan fingerprint density at radius 1 is 1.21 bits per heavy atom. The van der Waals surface area contributed by atoms with Crippen LogP contribution in [0.4, 0.5) is 5.69 Å². The van der Waals surface area contributed by atoms with Crippen LogP contribution in [0, 0.1) is 10.1 Å². The molecule has 24 heavy (non-hydrogen) atoms. The molecule has 0 aliphatic rings. The molecule has 0 saturated heterocycles. The van der Waals surface area contributed by atoms with E-state index in [0.717, 1.165) is 11.1 Å². The monoisotopic (exact) mass is 349 g/mol. The molecule has 7 nitrogen and oxygen atoms in total. The van der Waals surface area contributed by atoms with Gasteiger partial charge in [0.05, 0.1) is 9.82 Å². The summed E-state index contributed by atoms with van der Waals surface area (Å²) < 4.78 is 22.9. The summed E-state index contributed by atoms with van der Waals surface area (Å²) in [6.07, 6.45) is 0. The molecule has 0 spiro atoms. The minimum atomic E-state index is -3.75. The fourth-order valence-electron chi connectivity index (χ4n) is 2.40. The lowest BCUT2D eigenvalue weighted by molar-refractivity contribution is -0.384. The van der Waals surface area contributed by atoms with Crippen LogP contribution < -0.4 is 5.14 Å². The number of nitrogens with zero attached hydrogens (tertiary/aromatic N) is 2. The summed E-state index contributed by atoms with van der Waals surface area (Å²) in [6, 6.07) is 12.8. The van der Waals surface area contributed by atoms with Gasteiger partial charge in [0.15, 0.2) is 0 Å². The Morgan fingerprint density at radius 2 is 1.88 bits per heavy atom. The summed E-state index contributed by atoms with van der Waals surface area (Å²) in [5.74, 6) is 0. The fourth-order valence-corrected chi connectivity index (χ4v) is 2.97. The molecule has 0 aliphatic carbocycles. The number of primary sulfonamides is 1. The highest BCUT2D eigenvalue weighted by Gasteiger charge is 2.16. The highest BCUT2D eigenvalue weighted by Crippen LogP contribution is 2.23. The van der Waals surface area contributed by atoms with Crippen LogP contribution in [0.3, 0.4) is 0 Å². The van der Waals surface area contributed by atoms with Crippen LogP contribution in [-0.4, -0.2) is 25.3 Å². The summed E-state index contributed by atoms with van der Waals surface area (Å²) in [7, 11) is -1.88. The number of nitrogens with two attached hydrogens (primary N) is 1. The molecule has 0 bridgehead atoms. The van der Waals surface area contributed by atoms with Gasteiger partial charge in [-0.1, -0.05) is 24.3 Å². The molecule has 0 aliphatic heterocycles. The number of hydrogen-bond donors (Lipinski definition) is 1. The van der Waals surface area contributed by atoms with E-state index in [0.29, 0.717) is 6.54 Å². The minimum absolute atomic E-state index is 0.0461. The van der Waals surface area contributed by atoms with Gasteiger partial charge in [0.25, 0.3) is 5.69 Å². The molecule has 0 heterocycles. The third kappa shape index (κ3) is 4.38. The zero-order valence-corrected chi connectivity index (χ0v) is 14.2. The number of rotatable bonds is 6. The van der Waals surface area contributed by atoms with Crippen LogP contribution in [0.1, 0.15) is 24.1 Å². The molecule has 2 rings (SSSR count). The lowest BCUT2D eigenvalue weighted by Gasteiger charge is -2.25. The first-order valence-corrected chi connectivity index (χ1v) is 8.79.